The molecule has 4 heteroatoms. The number of benzene rings is 1. The Bertz CT molecular complexity index is 688. The van der Waals surface area contributed by atoms with E-state index in [4.69, 9.17) is 0 Å². The molecular formula is C33H57NO3. The summed E-state index contributed by atoms with van der Waals surface area (Å²) >= 11 is 0. The summed E-state index contributed by atoms with van der Waals surface area (Å²) in [5.41, 5.74) is 0.299. The first-order valence-corrected chi connectivity index (χ1v) is 15.8. The number of aromatic carboxylic acids is 1. The van der Waals surface area contributed by atoms with Crippen LogP contribution in [0.3, 0.4) is 0 Å². The molecule has 0 radical (unpaired) electrons. The molecule has 1 amide bonds. The van der Waals surface area contributed by atoms with Crippen LogP contribution >= 0.6 is 0 Å². The van der Waals surface area contributed by atoms with Gasteiger partial charge in [-0.1, -0.05) is 160 Å². The van der Waals surface area contributed by atoms with Crippen molar-refractivity contribution in [2.75, 3.05) is 6.54 Å². The topological polar surface area (TPSA) is 66.4 Å². The van der Waals surface area contributed by atoms with Gasteiger partial charge in [-0.2, -0.15) is 0 Å². The van der Waals surface area contributed by atoms with Crippen LogP contribution in [0.15, 0.2) is 24.3 Å². The monoisotopic (exact) mass is 515 g/mol. The first-order chi connectivity index (χ1) is 18.2. The summed E-state index contributed by atoms with van der Waals surface area (Å²) in [7, 11) is 0. The molecule has 0 bridgehead atoms. The SMILES string of the molecule is CCCCCCCCCCCCCCCCCCCCCCCCCNC(=O)c1ccccc1C(=O)O. The fourth-order valence-corrected chi connectivity index (χ4v) is 5.08. The maximum absolute atomic E-state index is 12.2. The maximum Gasteiger partial charge on any atom is 0.336 e. The van der Waals surface area contributed by atoms with Gasteiger partial charge in [-0.05, 0) is 18.6 Å². The molecule has 2 N–H and O–H groups in total. The Morgan fingerprint density at radius 2 is 0.865 bits per heavy atom. The van der Waals surface area contributed by atoms with Gasteiger partial charge >= 0.3 is 5.97 Å². The number of carboxylic acid groups (broad SMARTS) is 1. The van der Waals surface area contributed by atoms with Gasteiger partial charge in [0, 0.05) is 6.54 Å². The van der Waals surface area contributed by atoms with Crippen LogP contribution in [-0.2, 0) is 0 Å². The zero-order valence-electron chi connectivity index (χ0n) is 24.0. The van der Waals surface area contributed by atoms with Crippen molar-refractivity contribution >= 4 is 11.9 Å². The fraction of sp³-hybridized carbons (Fsp3) is 0.758. The smallest absolute Gasteiger partial charge is 0.336 e. The molecule has 0 saturated carbocycles. The third-order valence-corrected chi connectivity index (χ3v) is 7.47. The van der Waals surface area contributed by atoms with Crippen molar-refractivity contribution in [2.24, 2.45) is 0 Å². The number of hydrogen-bond donors (Lipinski definition) is 2. The van der Waals surface area contributed by atoms with Gasteiger partial charge in [0.1, 0.15) is 0 Å². The summed E-state index contributed by atoms with van der Waals surface area (Å²) < 4.78 is 0. The number of unbranched alkanes of at least 4 members (excludes halogenated alkanes) is 22. The molecule has 0 aliphatic carbocycles. The van der Waals surface area contributed by atoms with Crippen LogP contribution in [0.4, 0.5) is 0 Å². The Morgan fingerprint density at radius 3 is 1.22 bits per heavy atom. The number of rotatable bonds is 26. The highest BCUT2D eigenvalue weighted by Crippen LogP contribution is 2.15. The van der Waals surface area contributed by atoms with E-state index in [0.29, 0.717) is 6.54 Å². The first kappa shape index (κ1) is 33.2. The minimum absolute atomic E-state index is 0.0596. The quantitative estimate of drug-likeness (QED) is 0.121. The van der Waals surface area contributed by atoms with E-state index < -0.39 is 5.97 Å². The van der Waals surface area contributed by atoms with Crippen molar-refractivity contribution in [1.29, 1.82) is 0 Å². The third-order valence-electron chi connectivity index (χ3n) is 7.47. The van der Waals surface area contributed by atoms with E-state index >= 15 is 0 Å². The van der Waals surface area contributed by atoms with Gasteiger partial charge in [-0.25, -0.2) is 4.79 Å². The van der Waals surface area contributed by atoms with Gasteiger partial charge in [-0.3, -0.25) is 4.79 Å². The van der Waals surface area contributed by atoms with Crippen molar-refractivity contribution in [3.8, 4) is 0 Å². The summed E-state index contributed by atoms with van der Waals surface area (Å²) in [6, 6.07) is 6.37. The lowest BCUT2D eigenvalue weighted by Gasteiger charge is -2.07. The van der Waals surface area contributed by atoms with Crippen molar-refractivity contribution < 1.29 is 14.7 Å². The van der Waals surface area contributed by atoms with E-state index in [1.165, 1.54) is 141 Å². The van der Waals surface area contributed by atoms with Gasteiger partial charge in [0.25, 0.3) is 5.91 Å². The number of carboxylic acids is 1. The number of carbonyl (C=O) groups is 2. The van der Waals surface area contributed by atoms with Crippen LogP contribution in [0.5, 0.6) is 0 Å². The summed E-state index contributed by atoms with van der Waals surface area (Å²) in [6.07, 6.45) is 31.5. The standard InChI is InChI=1S/C33H57NO3/c1-2-3-4-5-6-7-8-9-10-11-12-13-14-15-16-17-18-19-20-21-22-23-26-29-34-32(35)30-27-24-25-28-31(30)33(36)37/h24-25,27-28H,2-23,26,29H2,1H3,(H,34,35)(H,36,37). The van der Waals surface area contributed by atoms with E-state index in [1.807, 2.05) is 0 Å². The van der Waals surface area contributed by atoms with Gasteiger partial charge < -0.3 is 10.4 Å². The van der Waals surface area contributed by atoms with E-state index in [2.05, 4.69) is 12.2 Å². The summed E-state index contributed by atoms with van der Waals surface area (Å²) in [5, 5.41) is 12.1. The van der Waals surface area contributed by atoms with Gasteiger partial charge in [0.2, 0.25) is 0 Å². The molecule has 1 rings (SSSR count). The largest absolute Gasteiger partial charge is 0.478 e. The van der Waals surface area contributed by atoms with E-state index in [1.54, 1.807) is 18.2 Å². The normalized spacial score (nSPS) is 11.1. The molecule has 0 atom stereocenters. The summed E-state index contributed by atoms with van der Waals surface area (Å²) in [4.78, 5) is 23.4. The highest BCUT2D eigenvalue weighted by molar-refractivity contribution is 6.04. The zero-order chi connectivity index (χ0) is 26.8. The average molecular weight is 516 g/mol. The van der Waals surface area contributed by atoms with Crippen molar-refractivity contribution in [3.05, 3.63) is 35.4 Å². The number of amides is 1. The predicted octanol–water partition coefficient (Wildman–Crippen LogP) is 10.1. The second-order valence-electron chi connectivity index (χ2n) is 10.9. The van der Waals surface area contributed by atoms with E-state index in [0.717, 1.165) is 12.8 Å². The molecule has 0 aromatic heterocycles. The highest BCUT2D eigenvalue weighted by atomic mass is 16.4. The Kier molecular flexibility index (Phi) is 22.0. The van der Waals surface area contributed by atoms with Crippen LogP contribution in [0, 0.1) is 0 Å². The molecular weight excluding hydrogens is 458 g/mol. The Labute approximate surface area is 228 Å². The minimum atomic E-state index is -1.06. The van der Waals surface area contributed by atoms with Crippen LogP contribution in [0.25, 0.3) is 0 Å². The fourth-order valence-electron chi connectivity index (χ4n) is 5.08. The molecule has 37 heavy (non-hydrogen) atoms. The second kappa shape index (κ2) is 24.5. The van der Waals surface area contributed by atoms with Crippen LogP contribution < -0.4 is 5.32 Å². The van der Waals surface area contributed by atoms with Crippen molar-refractivity contribution in [2.45, 2.75) is 155 Å². The van der Waals surface area contributed by atoms with Crippen LogP contribution in [0.1, 0.15) is 175 Å². The summed E-state index contributed by atoms with van der Waals surface area (Å²) in [6.45, 7) is 2.89. The highest BCUT2D eigenvalue weighted by Gasteiger charge is 2.14. The molecule has 0 unspecified atom stereocenters. The number of hydrogen-bond acceptors (Lipinski definition) is 2. The summed E-state index contributed by atoms with van der Waals surface area (Å²) in [5.74, 6) is -1.36. The number of nitrogens with one attached hydrogen (secondary N) is 1. The molecule has 0 spiro atoms. The van der Waals surface area contributed by atoms with Crippen molar-refractivity contribution in [3.63, 3.8) is 0 Å². The minimum Gasteiger partial charge on any atom is -0.478 e. The molecule has 212 valence electrons. The molecule has 0 aliphatic rings. The third kappa shape index (κ3) is 19.0. The molecule has 0 aliphatic heterocycles. The van der Waals surface area contributed by atoms with E-state index in [9.17, 15) is 14.7 Å². The zero-order valence-corrected chi connectivity index (χ0v) is 24.0. The lowest BCUT2D eigenvalue weighted by atomic mass is 10.0. The molecule has 0 heterocycles. The van der Waals surface area contributed by atoms with Crippen molar-refractivity contribution in [1.82, 2.24) is 5.32 Å². The van der Waals surface area contributed by atoms with Gasteiger partial charge in [0.15, 0.2) is 0 Å². The first-order valence-electron chi connectivity index (χ1n) is 15.8. The average Bonchev–Trinajstić information content (AvgIpc) is 2.91. The maximum atomic E-state index is 12.2. The van der Waals surface area contributed by atoms with Crippen LogP contribution in [-0.4, -0.2) is 23.5 Å². The molecule has 4 nitrogen and oxygen atoms in total. The Hall–Kier alpha value is -1.84. The lowest BCUT2D eigenvalue weighted by Crippen LogP contribution is -2.26. The molecule has 1 aromatic rings. The Balaban J connectivity index is 1.77. The number of carbonyl (C=O) groups excluding carboxylic acids is 1. The second-order valence-corrected chi connectivity index (χ2v) is 10.9. The predicted molar refractivity (Wildman–Crippen MR) is 158 cm³/mol. The van der Waals surface area contributed by atoms with Crippen LogP contribution in [0.2, 0.25) is 0 Å². The lowest BCUT2D eigenvalue weighted by molar-refractivity contribution is 0.0691. The Morgan fingerprint density at radius 1 is 0.541 bits per heavy atom. The molecule has 0 fully saturated rings. The molecule has 0 saturated heterocycles. The van der Waals surface area contributed by atoms with Gasteiger partial charge in [0.05, 0.1) is 11.1 Å². The van der Waals surface area contributed by atoms with Gasteiger partial charge in [-0.15, -0.1) is 0 Å². The van der Waals surface area contributed by atoms with E-state index in [-0.39, 0.29) is 17.0 Å². The molecule has 1 aromatic carbocycles.